The molecular formula is C9H6N4O. The highest BCUT2D eigenvalue weighted by Crippen LogP contribution is 2.16. The number of aromatic nitrogens is 4. The second-order valence-corrected chi connectivity index (χ2v) is 3.00. The highest BCUT2D eigenvalue weighted by atomic mass is 16.5. The maximum atomic E-state index is 9.25. The Morgan fingerprint density at radius 2 is 2.00 bits per heavy atom. The molecule has 0 spiro atoms. The van der Waals surface area contributed by atoms with Crippen molar-refractivity contribution in [1.82, 2.24) is 20.1 Å². The lowest BCUT2D eigenvalue weighted by Gasteiger charge is -1.95. The molecule has 0 radical (unpaired) electrons. The molecule has 0 aliphatic rings. The molecule has 1 N–H and O–H groups in total. The Morgan fingerprint density at radius 1 is 1.14 bits per heavy atom. The Balaban J connectivity index is 2.54. The van der Waals surface area contributed by atoms with Crippen molar-refractivity contribution in [2.24, 2.45) is 0 Å². The summed E-state index contributed by atoms with van der Waals surface area (Å²) in [5, 5.41) is 17.5. The first-order valence-electron chi connectivity index (χ1n) is 4.15. The monoisotopic (exact) mass is 186 g/mol. The van der Waals surface area contributed by atoms with Crippen LogP contribution in [0.1, 0.15) is 0 Å². The van der Waals surface area contributed by atoms with Crippen molar-refractivity contribution in [3.8, 4) is 0 Å². The number of nitrogens with zero attached hydrogens (tertiary/aromatic N) is 4. The van der Waals surface area contributed by atoms with Gasteiger partial charge in [-0.3, -0.25) is 0 Å². The number of hydrogen-bond donors (Lipinski definition) is 1. The van der Waals surface area contributed by atoms with Crippen LogP contribution in [0.25, 0.3) is 22.1 Å². The summed E-state index contributed by atoms with van der Waals surface area (Å²) >= 11 is 0. The number of pyridine rings is 1. The molecule has 2 aromatic heterocycles. The molecule has 0 saturated carbocycles. The van der Waals surface area contributed by atoms with Crippen molar-refractivity contribution >= 4 is 22.1 Å². The van der Waals surface area contributed by atoms with Gasteiger partial charge in [-0.2, -0.15) is 0 Å². The smallest absolute Gasteiger partial charge is 0.220 e. The van der Waals surface area contributed by atoms with E-state index >= 15 is 0 Å². The minimum absolute atomic E-state index is 0.378. The van der Waals surface area contributed by atoms with Gasteiger partial charge in [0.15, 0.2) is 0 Å². The maximum absolute atomic E-state index is 9.25. The molecule has 3 aromatic rings. The molecule has 0 unspecified atom stereocenters. The van der Waals surface area contributed by atoms with Crippen LogP contribution in [-0.2, 0) is 0 Å². The van der Waals surface area contributed by atoms with Gasteiger partial charge in [-0.1, -0.05) is 23.0 Å². The van der Waals surface area contributed by atoms with Crippen LogP contribution in [-0.4, -0.2) is 25.3 Å². The molecule has 2 heterocycles. The van der Waals surface area contributed by atoms with Gasteiger partial charge in [-0.15, -0.1) is 5.10 Å². The fourth-order valence-electron chi connectivity index (χ4n) is 1.45. The average Bonchev–Trinajstić information content (AvgIpc) is 2.57. The average molecular weight is 186 g/mol. The van der Waals surface area contributed by atoms with Gasteiger partial charge in [-0.25, -0.2) is 4.98 Å². The van der Waals surface area contributed by atoms with Crippen molar-refractivity contribution in [2.45, 2.75) is 0 Å². The number of para-hydroxylation sites is 1. The van der Waals surface area contributed by atoms with E-state index < -0.39 is 0 Å². The molecule has 0 atom stereocenters. The lowest BCUT2D eigenvalue weighted by atomic mass is 10.2. The van der Waals surface area contributed by atoms with E-state index in [1.165, 1.54) is 0 Å². The van der Waals surface area contributed by atoms with E-state index in [1.807, 2.05) is 30.3 Å². The zero-order valence-corrected chi connectivity index (χ0v) is 7.12. The number of hydrogen-bond acceptors (Lipinski definition) is 4. The number of rotatable bonds is 0. The lowest BCUT2D eigenvalue weighted by Crippen LogP contribution is -1.93. The molecule has 0 bridgehead atoms. The molecular weight excluding hydrogens is 180 g/mol. The third kappa shape index (κ3) is 0.861. The molecule has 68 valence electrons. The van der Waals surface area contributed by atoms with Crippen LogP contribution in [0.4, 0.5) is 0 Å². The number of benzene rings is 1. The Bertz CT molecular complexity index is 616. The van der Waals surface area contributed by atoms with E-state index in [4.69, 9.17) is 0 Å². The Kier molecular flexibility index (Phi) is 1.25. The summed E-state index contributed by atoms with van der Waals surface area (Å²) in [5.74, 6) is 0. The van der Waals surface area contributed by atoms with Crippen molar-refractivity contribution in [2.75, 3.05) is 0 Å². The van der Waals surface area contributed by atoms with Crippen LogP contribution in [0.5, 0.6) is 0 Å². The normalized spacial score (nSPS) is 11.1. The molecule has 0 aliphatic carbocycles. The third-order valence-electron chi connectivity index (χ3n) is 2.11. The topological polar surface area (TPSA) is 63.8 Å². The molecule has 5 nitrogen and oxygen atoms in total. The van der Waals surface area contributed by atoms with Gasteiger partial charge >= 0.3 is 0 Å². The van der Waals surface area contributed by atoms with Crippen molar-refractivity contribution in [1.29, 1.82) is 0 Å². The molecule has 0 saturated heterocycles. The van der Waals surface area contributed by atoms with Crippen LogP contribution < -0.4 is 0 Å². The molecule has 3 rings (SSSR count). The van der Waals surface area contributed by atoms with E-state index in [-0.39, 0.29) is 0 Å². The van der Waals surface area contributed by atoms with Crippen molar-refractivity contribution in [3.63, 3.8) is 0 Å². The van der Waals surface area contributed by atoms with E-state index in [1.54, 1.807) is 0 Å². The summed E-state index contributed by atoms with van der Waals surface area (Å²) < 4.78 is 0. The molecule has 5 heteroatoms. The lowest BCUT2D eigenvalue weighted by molar-refractivity contribution is 0.153. The van der Waals surface area contributed by atoms with Gasteiger partial charge in [0, 0.05) is 5.39 Å². The fraction of sp³-hybridized carbons (Fsp3) is 0. The second kappa shape index (κ2) is 2.41. The second-order valence-electron chi connectivity index (χ2n) is 3.00. The summed E-state index contributed by atoms with van der Waals surface area (Å²) in [6.07, 6.45) is 0. The SMILES string of the molecule is On1nnc2cc3ccccc3nc21. The predicted octanol–water partition coefficient (Wildman–Crippen LogP) is 1.22. The van der Waals surface area contributed by atoms with Gasteiger partial charge in [0.05, 0.1) is 5.52 Å². The van der Waals surface area contributed by atoms with Crippen LogP contribution >= 0.6 is 0 Å². The molecule has 1 aromatic carbocycles. The van der Waals surface area contributed by atoms with E-state index in [9.17, 15) is 5.21 Å². The zero-order chi connectivity index (χ0) is 9.54. The minimum Gasteiger partial charge on any atom is -0.409 e. The third-order valence-corrected chi connectivity index (χ3v) is 2.11. The molecule has 14 heavy (non-hydrogen) atoms. The van der Waals surface area contributed by atoms with E-state index in [0.717, 1.165) is 10.9 Å². The standard InChI is InChI=1S/C9H6N4O/c14-13-9-8(11-12-13)5-6-3-1-2-4-7(6)10-9/h1-5,14H. The fourth-order valence-corrected chi connectivity index (χ4v) is 1.45. The van der Waals surface area contributed by atoms with Crippen LogP contribution in [0.2, 0.25) is 0 Å². The molecule has 0 fully saturated rings. The van der Waals surface area contributed by atoms with Crippen LogP contribution in [0, 0.1) is 0 Å². The summed E-state index contributed by atoms with van der Waals surface area (Å²) in [7, 11) is 0. The highest BCUT2D eigenvalue weighted by molar-refractivity contribution is 5.88. The minimum atomic E-state index is 0.378. The van der Waals surface area contributed by atoms with E-state index in [2.05, 4.69) is 15.3 Å². The maximum Gasteiger partial charge on any atom is 0.220 e. The van der Waals surface area contributed by atoms with Crippen molar-refractivity contribution < 1.29 is 5.21 Å². The Morgan fingerprint density at radius 3 is 2.93 bits per heavy atom. The van der Waals surface area contributed by atoms with E-state index in [0.29, 0.717) is 16.0 Å². The quantitative estimate of drug-likeness (QED) is 0.536. The first-order valence-corrected chi connectivity index (χ1v) is 4.15. The summed E-state index contributed by atoms with van der Waals surface area (Å²) in [6, 6.07) is 9.49. The predicted molar refractivity (Wildman–Crippen MR) is 50.0 cm³/mol. The Hall–Kier alpha value is -2.17. The van der Waals surface area contributed by atoms with Gasteiger partial charge in [-0.05, 0) is 17.3 Å². The summed E-state index contributed by atoms with van der Waals surface area (Å²) in [4.78, 5) is 4.91. The molecule has 0 aliphatic heterocycles. The van der Waals surface area contributed by atoms with Crippen molar-refractivity contribution in [3.05, 3.63) is 30.3 Å². The summed E-state index contributed by atoms with van der Waals surface area (Å²) in [5.41, 5.74) is 1.78. The highest BCUT2D eigenvalue weighted by Gasteiger charge is 2.05. The first kappa shape index (κ1) is 7.25. The molecule has 0 amide bonds. The van der Waals surface area contributed by atoms with Gasteiger partial charge < -0.3 is 5.21 Å². The van der Waals surface area contributed by atoms with Gasteiger partial charge in [0.2, 0.25) is 5.65 Å². The van der Waals surface area contributed by atoms with Gasteiger partial charge in [0.1, 0.15) is 5.52 Å². The summed E-state index contributed by atoms with van der Waals surface area (Å²) in [6.45, 7) is 0. The zero-order valence-electron chi connectivity index (χ0n) is 7.12. The largest absolute Gasteiger partial charge is 0.409 e. The Labute approximate surface area is 78.6 Å². The number of fused-ring (bicyclic) bond motifs is 2. The van der Waals surface area contributed by atoms with Gasteiger partial charge in [0.25, 0.3) is 0 Å². The first-order chi connectivity index (χ1) is 6.84. The van der Waals surface area contributed by atoms with Crippen LogP contribution in [0.3, 0.4) is 0 Å². The van der Waals surface area contributed by atoms with Crippen LogP contribution in [0.15, 0.2) is 30.3 Å².